The lowest BCUT2D eigenvalue weighted by molar-refractivity contribution is -0.148. The lowest BCUT2D eigenvalue weighted by atomic mass is 10.0. The third-order valence-electron chi connectivity index (χ3n) is 9.46. The lowest BCUT2D eigenvalue weighted by Crippen LogP contribution is -2.58. The summed E-state index contributed by atoms with van der Waals surface area (Å²) in [4.78, 5) is 80.9. The highest BCUT2D eigenvalue weighted by atomic mass is 19.2. The summed E-state index contributed by atoms with van der Waals surface area (Å²) in [6.45, 7) is 3.91. The largest absolute Gasteiger partial charge is 0.418 e. The Labute approximate surface area is 333 Å². The molecule has 1 aliphatic rings. The van der Waals surface area contributed by atoms with Gasteiger partial charge in [-0.3, -0.25) is 19.2 Å². The summed E-state index contributed by atoms with van der Waals surface area (Å²) in [5.74, 6) is -12.8. The van der Waals surface area contributed by atoms with Crippen LogP contribution >= 0.6 is 0 Å². The van der Waals surface area contributed by atoms with Gasteiger partial charge in [0.15, 0.2) is 11.6 Å². The van der Waals surface area contributed by atoms with E-state index in [0.29, 0.717) is 12.0 Å². The maximum Gasteiger partial charge on any atom is 0.334 e. The van der Waals surface area contributed by atoms with Gasteiger partial charge in [-0.1, -0.05) is 74.5 Å². The number of carbonyl (C=O) groups excluding carboxylic acids is 6. The van der Waals surface area contributed by atoms with Gasteiger partial charge in [-0.2, -0.15) is 8.78 Å². The zero-order chi connectivity index (χ0) is 42.4. The summed E-state index contributed by atoms with van der Waals surface area (Å²) in [5, 5.41) is 10.6. The third kappa shape index (κ3) is 13.0. The predicted molar refractivity (Wildman–Crippen MR) is 204 cm³/mol. The first kappa shape index (κ1) is 44.7. The Morgan fingerprint density at radius 1 is 0.776 bits per heavy atom. The van der Waals surface area contributed by atoms with Crippen molar-refractivity contribution in [3.05, 3.63) is 101 Å². The molecule has 0 unspecified atom stereocenters. The van der Waals surface area contributed by atoms with Crippen molar-refractivity contribution in [1.29, 1.82) is 0 Å². The quantitative estimate of drug-likeness (QED) is 0.0398. The number of benzene rings is 3. The molecule has 6 amide bonds. The average molecular weight is 813 g/mol. The Hall–Kier alpha value is -6.00. The van der Waals surface area contributed by atoms with Gasteiger partial charge in [0.1, 0.15) is 24.2 Å². The zero-order valence-corrected chi connectivity index (χ0v) is 32.2. The van der Waals surface area contributed by atoms with Crippen LogP contribution in [0, 0.1) is 29.2 Å². The van der Waals surface area contributed by atoms with Crippen molar-refractivity contribution in [2.75, 3.05) is 13.1 Å². The normalized spacial score (nSPS) is 15.2. The number of nitrogens with two attached hydrogens (primary N) is 1. The van der Waals surface area contributed by atoms with Crippen molar-refractivity contribution in [3.63, 3.8) is 0 Å². The summed E-state index contributed by atoms with van der Waals surface area (Å²) in [6, 6.07) is 11.4. The van der Waals surface area contributed by atoms with Crippen molar-refractivity contribution in [1.82, 2.24) is 26.2 Å². The highest BCUT2D eigenvalue weighted by Crippen LogP contribution is 2.29. The van der Waals surface area contributed by atoms with Crippen LogP contribution in [0.3, 0.4) is 0 Å². The van der Waals surface area contributed by atoms with Crippen LogP contribution in [0.2, 0.25) is 0 Å². The number of urea groups is 1. The molecule has 1 aliphatic heterocycles. The fraction of sp³-hybridized carbons (Fsp3) is 0.415. The highest BCUT2D eigenvalue weighted by Gasteiger charge is 2.40. The second-order valence-corrected chi connectivity index (χ2v) is 14.4. The number of likely N-dealkylation sites (tertiary alicyclic amines) is 1. The number of carbonyl (C=O) groups is 6. The molecule has 0 radical (unpaired) electrons. The maximum atomic E-state index is 14.4. The van der Waals surface area contributed by atoms with Crippen LogP contribution in [-0.2, 0) is 36.8 Å². The van der Waals surface area contributed by atoms with Crippen molar-refractivity contribution in [2.24, 2.45) is 11.7 Å². The standard InChI is InChI=1S/C41H48F4N6O7/c1-24(2)17-18-33(52)48-30(21-25-11-5-3-6-12-25)38(54)49-29(15-9-19-47-41(46)57)37(53)50-31(22-26-13-7-4-8-14-26)39(55)51-20-10-16-32(51)40(56)58-36-34(44)27(42)23-28(43)35(36)45/h3-8,11-14,23-24,29-32H,9-10,15-22H2,1-2H3,(H,48,52)(H,49,54)(H,50,53)(H3,46,47,57)/t29-,30-,31-,32-/m0/s1. The van der Waals surface area contributed by atoms with E-state index in [-0.39, 0.29) is 75.9 Å². The van der Waals surface area contributed by atoms with E-state index in [1.165, 1.54) is 0 Å². The molecule has 6 N–H and O–H groups in total. The van der Waals surface area contributed by atoms with Crippen LogP contribution < -0.4 is 31.7 Å². The van der Waals surface area contributed by atoms with Crippen molar-refractivity contribution in [3.8, 4) is 5.75 Å². The van der Waals surface area contributed by atoms with E-state index in [2.05, 4.69) is 21.3 Å². The molecule has 3 aromatic rings. The van der Waals surface area contributed by atoms with Gasteiger partial charge >= 0.3 is 12.0 Å². The Morgan fingerprint density at radius 2 is 1.33 bits per heavy atom. The van der Waals surface area contributed by atoms with Crippen LogP contribution in [0.25, 0.3) is 0 Å². The van der Waals surface area contributed by atoms with Crippen molar-refractivity contribution in [2.45, 2.75) is 89.4 Å². The molecule has 0 aliphatic carbocycles. The first-order chi connectivity index (χ1) is 27.6. The van der Waals surface area contributed by atoms with E-state index in [0.717, 1.165) is 10.5 Å². The van der Waals surface area contributed by atoms with Gasteiger partial charge in [-0.05, 0) is 49.1 Å². The Bertz CT molecular complexity index is 1900. The number of hydrogen-bond donors (Lipinski definition) is 5. The number of primary amides is 1. The summed E-state index contributed by atoms with van der Waals surface area (Å²) < 4.78 is 61.3. The second-order valence-electron chi connectivity index (χ2n) is 14.4. The van der Waals surface area contributed by atoms with Gasteiger partial charge in [0.05, 0.1) is 0 Å². The molecule has 0 saturated carbocycles. The van der Waals surface area contributed by atoms with Crippen molar-refractivity contribution >= 4 is 35.6 Å². The number of nitrogens with one attached hydrogen (secondary N) is 4. The van der Waals surface area contributed by atoms with E-state index in [9.17, 15) is 46.3 Å². The Morgan fingerprint density at radius 3 is 1.90 bits per heavy atom. The molecule has 0 spiro atoms. The number of amides is 6. The van der Waals surface area contributed by atoms with Crippen LogP contribution in [-0.4, -0.2) is 77.8 Å². The van der Waals surface area contributed by atoms with Gasteiger partial charge in [0.2, 0.25) is 41.0 Å². The molecule has 17 heteroatoms. The van der Waals surface area contributed by atoms with Crippen molar-refractivity contribution < 1.29 is 51.1 Å². The molecule has 1 saturated heterocycles. The minimum Gasteiger partial charge on any atom is -0.418 e. The molecule has 3 aromatic carbocycles. The zero-order valence-electron chi connectivity index (χ0n) is 32.2. The fourth-order valence-electron chi connectivity index (χ4n) is 6.41. The van der Waals surface area contributed by atoms with E-state index in [1.54, 1.807) is 60.7 Å². The fourth-order valence-corrected chi connectivity index (χ4v) is 6.41. The predicted octanol–water partition coefficient (Wildman–Crippen LogP) is 3.96. The van der Waals surface area contributed by atoms with Crippen LogP contribution in [0.5, 0.6) is 5.75 Å². The van der Waals surface area contributed by atoms with Crippen LogP contribution in [0.4, 0.5) is 22.4 Å². The van der Waals surface area contributed by atoms with E-state index in [1.807, 2.05) is 13.8 Å². The van der Waals surface area contributed by atoms with Gasteiger partial charge < -0.3 is 36.6 Å². The smallest absolute Gasteiger partial charge is 0.334 e. The molecule has 13 nitrogen and oxygen atoms in total. The molecule has 58 heavy (non-hydrogen) atoms. The summed E-state index contributed by atoms with van der Waals surface area (Å²) in [7, 11) is 0. The van der Waals surface area contributed by atoms with E-state index >= 15 is 0 Å². The van der Waals surface area contributed by atoms with Gasteiger partial charge in [0, 0.05) is 38.4 Å². The molecular weight excluding hydrogens is 764 g/mol. The van der Waals surface area contributed by atoms with Crippen LogP contribution in [0.15, 0.2) is 66.7 Å². The number of rotatable bonds is 19. The third-order valence-corrected chi connectivity index (χ3v) is 9.46. The lowest BCUT2D eigenvalue weighted by Gasteiger charge is -2.30. The molecule has 4 rings (SSSR count). The molecule has 0 aromatic heterocycles. The van der Waals surface area contributed by atoms with Gasteiger partial charge in [-0.25, -0.2) is 18.4 Å². The number of esters is 1. The van der Waals surface area contributed by atoms with Gasteiger partial charge in [0.25, 0.3) is 0 Å². The Kier molecular flexibility index (Phi) is 16.6. The Balaban J connectivity index is 1.59. The maximum absolute atomic E-state index is 14.4. The number of ether oxygens (including phenoxy) is 1. The molecule has 1 fully saturated rings. The first-order valence-corrected chi connectivity index (χ1v) is 19.0. The average Bonchev–Trinajstić information content (AvgIpc) is 3.69. The molecular formula is C41H48F4N6O7. The first-order valence-electron chi connectivity index (χ1n) is 19.0. The summed E-state index contributed by atoms with van der Waals surface area (Å²) >= 11 is 0. The number of halogens is 4. The van der Waals surface area contributed by atoms with Gasteiger partial charge in [-0.15, -0.1) is 0 Å². The minimum atomic E-state index is -1.93. The summed E-state index contributed by atoms with van der Waals surface area (Å²) in [6.07, 6.45) is 1.03. The molecule has 312 valence electrons. The molecule has 4 atom stereocenters. The number of nitrogens with zero attached hydrogens (tertiary/aromatic N) is 1. The minimum absolute atomic E-state index is 0.0329. The SMILES string of the molecule is CC(C)CCC(=O)N[C@@H](Cc1ccccc1)C(=O)N[C@@H](CCCNC(N)=O)C(=O)N[C@@H](Cc1ccccc1)C(=O)N1CCC[C@H]1C(=O)Oc1c(F)c(F)cc(F)c1F. The monoisotopic (exact) mass is 812 g/mol. The summed E-state index contributed by atoms with van der Waals surface area (Å²) in [5.41, 5.74) is 6.53. The molecule has 1 heterocycles. The van der Waals surface area contributed by atoms with E-state index < -0.39 is 82.9 Å². The highest BCUT2D eigenvalue weighted by molar-refractivity contribution is 5.95. The second kappa shape index (κ2) is 21.5. The topological polar surface area (TPSA) is 189 Å². The molecule has 0 bridgehead atoms. The van der Waals surface area contributed by atoms with Crippen LogP contribution in [0.1, 0.15) is 63.5 Å². The van der Waals surface area contributed by atoms with E-state index in [4.69, 9.17) is 10.5 Å². The number of hydrogen-bond acceptors (Lipinski definition) is 7.